The molecule has 1 aromatic carbocycles. The van der Waals surface area contributed by atoms with Crippen molar-refractivity contribution in [3.63, 3.8) is 0 Å². The molecule has 0 spiro atoms. The molecule has 0 saturated heterocycles. The molecular weight excluding hydrogens is 240 g/mol. The van der Waals surface area contributed by atoms with E-state index in [1.165, 1.54) is 0 Å². The molecule has 0 bridgehead atoms. The van der Waals surface area contributed by atoms with Gasteiger partial charge in [-0.05, 0) is 56.4 Å². The SMILES string of the molecule is Cc1cc(CCC[C@H](C)N)cc(SC(F)F)c1. The highest BCUT2D eigenvalue weighted by atomic mass is 32.2. The lowest BCUT2D eigenvalue weighted by Gasteiger charge is -2.08. The maximum absolute atomic E-state index is 12.3. The molecule has 17 heavy (non-hydrogen) atoms. The molecule has 1 aromatic rings. The molecule has 0 radical (unpaired) electrons. The second kappa shape index (κ2) is 6.97. The van der Waals surface area contributed by atoms with E-state index < -0.39 is 5.76 Å². The van der Waals surface area contributed by atoms with Crippen LogP contribution in [0.25, 0.3) is 0 Å². The number of aryl methyl sites for hydroxylation is 2. The minimum Gasteiger partial charge on any atom is -0.328 e. The fraction of sp³-hybridized carbons (Fsp3) is 0.538. The first kappa shape index (κ1) is 14.5. The summed E-state index contributed by atoms with van der Waals surface area (Å²) in [5, 5.41) is 0. The Labute approximate surface area is 106 Å². The van der Waals surface area contributed by atoms with E-state index in [0.29, 0.717) is 16.7 Å². The monoisotopic (exact) mass is 259 g/mol. The number of hydrogen-bond donors (Lipinski definition) is 1. The van der Waals surface area contributed by atoms with Crippen LogP contribution in [0.5, 0.6) is 0 Å². The van der Waals surface area contributed by atoms with Crippen LogP contribution < -0.4 is 5.73 Å². The van der Waals surface area contributed by atoms with Gasteiger partial charge in [-0.2, -0.15) is 8.78 Å². The lowest BCUT2D eigenvalue weighted by atomic mass is 10.0. The number of rotatable bonds is 6. The van der Waals surface area contributed by atoms with Crippen LogP contribution in [0.15, 0.2) is 23.1 Å². The Kier molecular flexibility index (Phi) is 5.92. The summed E-state index contributed by atoms with van der Waals surface area (Å²) in [6.07, 6.45) is 2.87. The van der Waals surface area contributed by atoms with Gasteiger partial charge in [0.1, 0.15) is 0 Å². The summed E-state index contributed by atoms with van der Waals surface area (Å²) in [7, 11) is 0. The highest BCUT2D eigenvalue weighted by Gasteiger charge is 2.07. The highest BCUT2D eigenvalue weighted by molar-refractivity contribution is 7.99. The Balaban J connectivity index is 2.62. The predicted octanol–water partition coefficient (Wildman–Crippen LogP) is 3.98. The van der Waals surface area contributed by atoms with Gasteiger partial charge in [-0.25, -0.2) is 0 Å². The largest absolute Gasteiger partial charge is 0.328 e. The van der Waals surface area contributed by atoms with Gasteiger partial charge in [0.2, 0.25) is 0 Å². The Morgan fingerprint density at radius 1 is 1.29 bits per heavy atom. The van der Waals surface area contributed by atoms with Gasteiger partial charge in [-0.15, -0.1) is 0 Å². The first-order valence-corrected chi connectivity index (χ1v) is 6.66. The van der Waals surface area contributed by atoms with Gasteiger partial charge in [0.05, 0.1) is 0 Å². The van der Waals surface area contributed by atoms with E-state index in [4.69, 9.17) is 5.73 Å². The Morgan fingerprint density at radius 2 is 2.00 bits per heavy atom. The van der Waals surface area contributed by atoms with Crippen LogP contribution in [0.3, 0.4) is 0 Å². The summed E-state index contributed by atoms with van der Waals surface area (Å²) >= 11 is 0.608. The van der Waals surface area contributed by atoms with Crippen LogP contribution in [0.2, 0.25) is 0 Å². The van der Waals surface area contributed by atoms with Crippen molar-refractivity contribution in [2.75, 3.05) is 0 Å². The van der Waals surface area contributed by atoms with Gasteiger partial charge in [0, 0.05) is 10.9 Å². The zero-order chi connectivity index (χ0) is 12.8. The van der Waals surface area contributed by atoms with Crippen molar-refractivity contribution in [2.45, 2.75) is 49.8 Å². The van der Waals surface area contributed by atoms with E-state index in [-0.39, 0.29) is 6.04 Å². The molecule has 1 nitrogen and oxygen atoms in total. The summed E-state index contributed by atoms with van der Waals surface area (Å²) in [6, 6.07) is 5.91. The molecule has 0 saturated carbocycles. The molecule has 4 heteroatoms. The van der Waals surface area contributed by atoms with Crippen molar-refractivity contribution in [3.05, 3.63) is 29.3 Å². The number of hydrogen-bond acceptors (Lipinski definition) is 2. The third-order valence-electron chi connectivity index (χ3n) is 2.46. The van der Waals surface area contributed by atoms with Crippen LogP contribution in [0.4, 0.5) is 8.78 Å². The van der Waals surface area contributed by atoms with E-state index in [1.54, 1.807) is 6.07 Å². The third-order valence-corrected chi connectivity index (χ3v) is 3.15. The Morgan fingerprint density at radius 3 is 2.59 bits per heavy atom. The zero-order valence-electron chi connectivity index (χ0n) is 10.2. The van der Waals surface area contributed by atoms with Crippen LogP contribution >= 0.6 is 11.8 Å². The van der Waals surface area contributed by atoms with Crippen LogP contribution in [-0.2, 0) is 6.42 Å². The van der Waals surface area contributed by atoms with Crippen LogP contribution in [0, 0.1) is 6.92 Å². The normalized spacial score (nSPS) is 13.1. The lowest BCUT2D eigenvalue weighted by Crippen LogP contribution is -2.14. The molecule has 2 N–H and O–H groups in total. The first-order valence-electron chi connectivity index (χ1n) is 5.78. The molecule has 0 aromatic heterocycles. The van der Waals surface area contributed by atoms with E-state index in [9.17, 15) is 8.78 Å². The van der Waals surface area contributed by atoms with Gasteiger partial charge in [0.25, 0.3) is 5.76 Å². The average Bonchev–Trinajstić information content (AvgIpc) is 2.14. The summed E-state index contributed by atoms with van der Waals surface area (Å²) in [4.78, 5) is 0.649. The zero-order valence-corrected chi connectivity index (χ0v) is 11.1. The number of thioether (sulfide) groups is 1. The van der Waals surface area contributed by atoms with E-state index >= 15 is 0 Å². The summed E-state index contributed by atoms with van der Waals surface area (Å²) in [5.74, 6) is -2.35. The van der Waals surface area contributed by atoms with Gasteiger partial charge in [0.15, 0.2) is 0 Å². The van der Waals surface area contributed by atoms with Crippen molar-refractivity contribution < 1.29 is 8.78 Å². The first-order chi connectivity index (χ1) is 7.97. The van der Waals surface area contributed by atoms with Crippen molar-refractivity contribution in [1.82, 2.24) is 0 Å². The van der Waals surface area contributed by atoms with E-state index in [1.807, 2.05) is 19.9 Å². The molecule has 0 heterocycles. The number of nitrogens with two attached hydrogens (primary N) is 1. The fourth-order valence-corrected chi connectivity index (χ4v) is 2.45. The second-order valence-electron chi connectivity index (χ2n) is 4.40. The quantitative estimate of drug-likeness (QED) is 0.782. The van der Waals surface area contributed by atoms with Crippen LogP contribution in [0.1, 0.15) is 30.9 Å². The topological polar surface area (TPSA) is 26.0 Å². The van der Waals surface area contributed by atoms with Crippen molar-refractivity contribution in [1.29, 1.82) is 0 Å². The molecule has 0 aliphatic carbocycles. The number of alkyl halides is 2. The Bertz CT molecular complexity index is 353. The molecular formula is C13H19F2NS. The van der Waals surface area contributed by atoms with Gasteiger partial charge >= 0.3 is 0 Å². The minimum atomic E-state index is -2.35. The maximum Gasteiger partial charge on any atom is 0.288 e. The molecule has 0 fully saturated rings. The van der Waals surface area contributed by atoms with Crippen molar-refractivity contribution in [3.8, 4) is 0 Å². The van der Waals surface area contributed by atoms with Gasteiger partial charge in [-0.1, -0.05) is 17.8 Å². The number of benzene rings is 1. The Hall–Kier alpha value is -0.610. The average molecular weight is 259 g/mol. The summed E-state index contributed by atoms with van der Waals surface area (Å²) in [6.45, 7) is 3.92. The molecule has 0 amide bonds. The molecule has 0 unspecified atom stereocenters. The molecule has 1 rings (SSSR count). The third kappa shape index (κ3) is 6.03. The van der Waals surface area contributed by atoms with Crippen molar-refractivity contribution >= 4 is 11.8 Å². The van der Waals surface area contributed by atoms with Gasteiger partial charge in [-0.3, -0.25) is 0 Å². The van der Waals surface area contributed by atoms with E-state index in [2.05, 4.69) is 6.07 Å². The molecule has 0 aliphatic rings. The summed E-state index contributed by atoms with van der Waals surface area (Å²) < 4.78 is 24.6. The van der Waals surface area contributed by atoms with E-state index in [0.717, 1.165) is 30.4 Å². The standard InChI is InChI=1S/C13H19F2NS/c1-9-6-11(5-3-4-10(2)16)8-12(7-9)17-13(14)15/h6-8,10,13H,3-5,16H2,1-2H3/t10-/m0/s1. The molecule has 96 valence electrons. The predicted molar refractivity (Wildman–Crippen MR) is 69.6 cm³/mol. The van der Waals surface area contributed by atoms with Gasteiger partial charge < -0.3 is 5.73 Å². The number of halogens is 2. The maximum atomic E-state index is 12.3. The second-order valence-corrected chi connectivity index (χ2v) is 5.47. The molecule has 0 aliphatic heterocycles. The fourth-order valence-electron chi connectivity index (χ4n) is 1.77. The highest BCUT2D eigenvalue weighted by Crippen LogP contribution is 2.27. The van der Waals surface area contributed by atoms with Crippen molar-refractivity contribution in [2.24, 2.45) is 5.73 Å². The lowest BCUT2D eigenvalue weighted by molar-refractivity contribution is 0.252. The summed E-state index contributed by atoms with van der Waals surface area (Å²) in [5.41, 5.74) is 7.83. The van der Waals surface area contributed by atoms with Crippen LogP contribution in [-0.4, -0.2) is 11.8 Å². The minimum absolute atomic E-state index is 0.203. The smallest absolute Gasteiger partial charge is 0.288 e. The molecule has 1 atom stereocenters.